The quantitative estimate of drug-likeness (QED) is 0.737. The van der Waals surface area contributed by atoms with Gasteiger partial charge in [-0.3, -0.25) is 0 Å². The van der Waals surface area contributed by atoms with Crippen LogP contribution < -0.4 is 5.73 Å². The Morgan fingerprint density at radius 3 is 2.17 bits per heavy atom. The molecule has 0 aromatic carbocycles. The minimum Gasteiger partial charge on any atom is -0.319 e. The second-order valence-electron chi connectivity index (χ2n) is 2.94. The van der Waals surface area contributed by atoms with Crippen molar-refractivity contribution >= 4 is 0 Å². The Balaban J connectivity index is 2.95. The van der Waals surface area contributed by atoms with E-state index in [0.717, 1.165) is 18.7 Å². The van der Waals surface area contributed by atoms with Gasteiger partial charge in [0.2, 0.25) is 0 Å². The van der Waals surface area contributed by atoms with Crippen LogP contribution in [0.1, 0.15) is 32.5 Å². The molecule has 0 spiro atoms. The lowest BCUT2D eigenvalue weighted by Crippen LogP contribution is -2.37. The first kappa shape index (κ1) is 9.13. The third-order valence-corrected chi connectivity index (χ3v) is 2.27. The summed E-state index contributed by atoms with van der Waals surface area (Å²) < 4.78 is 0. The highest BCUT2D eigenvalue weighted by molar-refractivity contribution is 5.03. The molecule has 0 amide bonds. The van der Waals surface area contributed by atoms with E-state index in [9.17, 15) is 0 Å². The van der Waals surface area contributed by atoms with Crippen LogP contribution in [0.4, 0.5) is 0 Å². The molecule has 1 aromatic heterocycles. The van der Waals surface area contributed by atoms with Gasteiger partial charge in [-0.05, 0) is 18.9 Å². The molecule has 0 unspecified atom stereocenters. The van der Waals surface area contributed by atoms with E-state index in [0.29, 0.717) is 0 Å². The monoisotopic (exact) mass is 165 g/mol. The van der Waals surface area contributed by atoms with Gasteiger partial charge in [-0.15, -0.1) is 0 Å². The van der Waals surface area contributed by atoms with Gasteiger partial charge < -0.3 is 5.73 Å². The van der Waals surface area contributed by atoms with Crippen LogP contribution in [0, 0.1) is 0 Å². The molecule has 0 aliphatic rings. The van der Waals surface area contributed by atoms with Gasteiger partial charge in [0.1, 0.15) is 5.82 Å². The predicted molar refractivity (Wildman–Crippen MR) is 48.5 cm³/mol. The first-order chi connectivity index (χ1) is 5.73. The van der Waals surface area contributed by atoms with Gasteiger partial charge in [-0.1, -0.05) is 13.8 Å². The van der Waals surface area contributed by atoms with Gasteiger partial charge in [0, 0.05) is 12.4 Å². The van der Waals surface area contributed by atoms with Gasteiger partial charge in [0.05, 0.1) is 5.54 Å². The Morgan fingerprint density at radius 1 is 1.25 bits per heavy atom. The summed E-state index contributed by atoms with van der Waals surface area (Å²) in [6, 6.07) is 1.80. The molecule has 0 fully saturated rings. The van der Waals surface area contributed by atoms with E-state index >= 15 is 0 Å². The zero-order chi connectivity index (χ0) is 9.03. The molecule has 3 heteroatoms. The van der Waals surface area contributed by atoms with Crippen LogP contribution in [0.3, 0.4) is 0 Å². The van der Waals surface area contributed by atoms with Crippen LogP contribution in [0.25, 0.3) is 0 Å². The molecule has 0 aliphatic heterocycles. The van der Waals surface area contributed by atoms with Crippen LogP contribution in [0.15, 0.2) is 18.5 Å². The van der Waals surface area contributed by atoms with E-state index in [-0.39, 0.29) is 5.54 Å². The first-order valence-corrected chi connectivity index (χ1v) is 4.29. The second kappa shape index (κ2) is 3.63. The van der Waals surface area contributed by atoms with Crippen molar-refractivity contribution in [3.05, 3.63) is 24.3 Å². The fourth-order valence-electron chi connectivity index (χ4n) is 1.12. The maximum atomic E-state index is 6.09. The molecule has 0 saturated carbocycles. The average Bonchev–Trinajstić information content (AvgIpc) is 2.18. The zero-order valence-electron chi connectivity index (χ0n) is 7.62. The molecule has 66 valence electrons. The number of rotatable bonds is 3. The van der Waals surface area contributed by atoms with Crippen molar-refractivity contribution in [2.24, 2.45) is 5.73 Å². The SMILES string of the molecule is CCC(N)(CC)c1ncccn1. The molecule has 0 radical (unpaired) electrons. The van der Waals surface area contributed by atoms with E-state index in [4.69, 9.17) is 5.73 Å². The van der Waals surface area contributed by atoms with Crippen LogP contribution in [0.2, 0.25) is 0 Å². The summed E-state index contributed by atoms with van der Waals surface area (Å²) in [6.07, 6.45) is 5.20. The van der Waals surface area contributed by atoms with Crippen molar-refractivity contribution in [3.8, 4) is 0 Å². The van der Waals surface area contributed by atoms with E-state index in [1.807, 2.05) is 0 Å². The van der Waals surface area contributed by atoms with Crippen molar-refractivity contribution < 1.29 is 0 Å². The topological polar surface area (TPSA) is 51.8 Å². The highest BCUT2D eigenvalue weighted by Crippen LogP contribution is 2.20. The van der Waals surface area contributed by atoms with Gasteiger partial charge in [-0.2, -0.15) is 0 Å². The highest BCUT2D eigenvalue weighted by Gasteiger charge is 2.25. The maximum absolute atomic E-state index is 6.09. The summed E-state index contributed by atoms with van der Waals surface area (Å²) in [7, 11) is 0. The Hall–Kier alpha value is -0.960. The molecule has 1 heterocycles. The molecule has 12 heavy (non-hydrogen) atoms. The maximum Gasteiger partial charge on any atom is 0.147 e. The number of hydrogen-bond donors (Lipinski definition) is 1. The molecular weight excluding hydrogens is 150 g/mol. The van der Waals surface area contributed by atoms with Crippen molar-refractivity contribution in [2.75, 3.05) is 0 Å². The van der Waals surface area contributed by atoms with Crippen LogP contribution >= 0.6 is 0 Å². The highest BCUT2D eigenvalue weighted by atomic mass is 14.9. The molecular formula is C9H15N3. The Labute approximate surface area is 73.0 Å². The van der Waals surface area contributed by atoms with Gasteiger partial charge in [0.25, 0.3) is 0 Å². The molecule has 0 bridgehead atoms. The molecule has 1 rings (SSSR count). The third kappa shape index (κ3) is 1.61. The predicted octanol–water partition coefficient (Wildman–Crippen LogP) is 1.45. The number of hydrogen-bond acceptors (Lipinski definition) is 3. The normalized spacial score (nSPS) is 11.6. The largest absolute Gasteiger partial charge is 0.319 e. The zero-order valence-corrected chi connectivity index (χ0v) is 7.62. The lowest BCUT2D eigenvalue weighted by Gasteiger charge is -2.24. The molecule has 3 nitrogen and oxygen atoms in total. The number of nitrogens with two attached hydrogens (primary N) is 1. The summed E-state index contributed by atoms with van der Waals surface area (Å²) in [4.78, 5) is 8.31. The van der Waals surface area contributed by atoms with E-state index < -0.39 is 0 Å². The number of nitrogens with zero attached hydrogens (tertiary/aromatic N) is 2. The lowest BCUT2D eigenvalue weighted by molar-refractivity contribution is 0.387. The van der Waals surface area contributed by atoms with E-state index in [1.54, 1.807) is 18.5 Å². The Bertz CT molecular complexity index is 229. The summed E-state index contributed by atoms with van der Waals surface area (Å²) >= 11 is 0. The first-order valence-electron chi connectivity index (χ1n) is 4.29. The van der Waals surface area contributed by atoms with Crippen LogP contribution in [-0.2, 0) is 5.54 Å². The fraction of sp³-hybridized carbons (Fsp3) is 0.556. The van der Waals surface area contributed by atoms with E-state index in [2.05, 4.69) is 23.8 Å². The Morgan fingerprint density at radius 2 is 1.75 bits per heavy atom. The molecule has 1 aromatic rings. The van der Waals surface area contributed by atoms with Gasteiger partial charge >= 0.3 is 0 Å². The Kier molecular flexibility index (Phi) is 2.76. The van der Waals surface area contributed by atoms with Crippen molar-refractivity contribution in [2.45, 2.75) is 32.2 Å². The summed E-state index contributed by atoms with van der Waals surface area (Å²) in [5.74, 6) is 0.745. The third-order valence-electron chi connectivity index (χ3n) is 2.27. The summed E-state index contributed by atoms with van der Waals surface area (Å²) in [5.41, 5.74) is 5.75. The molecule has 0 saturated heterocycles. The number of aromatic nitrogens is 2. The minimum absolute atomic E-state index is 0.346. The summed E-state index contributed by atoms with van der Waals surface area (Å²) in [5, 5.41) is 0. The second-order valence-corrected chi connectivity index (χ2v) is 2.94. The molecule has 0 atom stereocenters. The lowest BCUT2D eigenvalue weighted by atomic mass is 9.93. The molecule has 2 N–H and O–H groups in total. The smallest absolute Gasteiger partial charge is 0.147 e. The van der Waals surface area contributed by atoms with Gasteiger partial charge in [0.15, 0.2) is 0 Å². The fourth-order valence-corrected chi connectivity index (χ4v) is 1.12. The molecule has 0 aliphatic carbocycles. The van der Waals surface area contributed by atoms with Crippen LogP contribution in [0.5, 0.6) is 0 Å². The standard InChI is InChI=1S/C9H15N3/c1-3-9(10,4-2)8-11-6-5-7-12-8/h5-7H,3-4,10H2,1-2H3. The van der Waals surface area contributed by atoms with Crippen molar-refractivity contribution in [1.82, 2.24) is 9.97 Å². The van der Waals surface area contributed by atoms with E-state index in [1.165, 1.54) is 0 Å². The van der Waals surface area contributed by atoms with Crippen molar-refractivity contribution in [3.63, 3.8) is 0 Å². The summed E-state index contributed by atoms with van der Waals surface area (Å²) in [6.45, 7) is 4.11. The van der Waals surface area contributed by atoms with Gasteiger partial charge in [-0.25, -0.2) is 9.97 Å². The van der Waals surface area contributed by atoms with Crippen molar-refractivity contribution in [1.29, 1.82) is 0 Å². The minimum atomic E-state index is -0.346. The average molecular weight is 165 g/mol. The van der Waals surface area contributed by atoms with Crippen LogP contribution in [-0.4, -0.2) is 9.97 Å².